The van der Waals surface area contributed by atoms with Crippen LogP contribution in [-0.2, 0) is 11.3 Å². The number of aromatic nitrogens is 3. The second kappa shape index (κ2) is 11.8. The molecule has 0 saturated heterocycles. The molecule has 1 heterocycles. The Kier molecular flexibility index (Phi) is 8.31. The lowest BCUT2D eigenvalue weighted by Crippen LogP contribution is -2.20. The molecule has 172 valence electrons. The van der Waals surface area contributed by atoms with Gasteiger partial charge in [0.15, 0.2) is 11.0 Å². The highest BCUT2D eigenvalue weighted by atomic mass is 127. The van der Waals surface area contributed by atoms with Crippen LogP contribution in [0.2, 0.25) is 0 Å². The molecule has 1 amide bonds. The van der Waals surface area contributed by atoms with Crippen molar-refractivity contribution in [1.29, 1.82) is 0 Å². The number of para-hydroxylation sites is 1. The Morgan fingerprint density at radius 3 is 2.53 bits per heavy atom. The predicted octanol–water partition coefficient (Wildman–Crippen LogP) is 5.03. The topological polar surface area (TPSA) is 84.2 Å². The minimum atomic E-state index is -0.212. The van der Waals surface area contributed by atoms with Crippen LogP contribution < -0.4 is 10.7 Å². The van der Waals surface area contributed by atoms with Crippen LogP contribution in [0.25, 0.3) is 5.69 Å². The number of rotatable bonds is 9. The summed E-state index contributed by atoms with van der Waals surface area (Å²) in [5, 5.41) is 16.8. The first kappa shape index (κ1) is 24.0. The summed E-state index contributed by atoms with van der Waals surface area (Å²) in [6.45, 7) is 2.50. The van der Waals surface area contributed by atoms with Gasteiger partial charge in [-0.25, -0.2) is 5.43 Å². The average molecular weight is 582 g/mol. The SMILES string of the molecule is Cc1ccccc1/C=N\NC(=O)CSc1nnc(CNc2ccc(I)cc2)n1-c1ccccc1. The first-order chi connectivity index (χ1) is 16.6. The monoisotopic (exact) mass is 582 g/mol. The largest absolute Gasteiger partial charge is 0.378 e. The average Bonchev–Trinajstić information content (AvgIpc) is 3.27. The summed E-state index contributed by atoms with van der Waals surface area (Å²) in [5.74, 6) is 0.710. The number of nitrogens with zero attached hydrogens (tertiary/aromatic N) is 4. The molecule has 3 aromatic carbocycles. The molecular weight excluding hydrogens is 559 g/mol. The second-order valence-electron chi connectivity index (χ2n) is 7.37. The molecule has 34 heavy (non-hydrogen) atoms. The first-order valence-corrected chi connectivity index (χ1v) is 12.7. The molecule has 0 aliphatic heterocycles. The van der Waals surface area contributed by atoms with Gasteiger partial charge in [-0.3, -0.25) is 9.36 Å². The number of aryl methyl sites for hydroxylation is 1. The minimum Gasteiger partial charge on any atom is -0.378 e. The molecule has 4 rings (SSSR count). The molecule has 0 radical (unpaired) electrons. The number of hydrogen-bond donors (Lipinski definition) is 2. The molecule has 0 spiro atoms. The molecule has 2 N–H and O–H groups in total. The number of carbonyl (C=O) groups excluding carboxylic acids is 1. The third-order valence-corrected chi connectivity index (χ3v) is 6.57. The van der Waals surface area contributed by atoms with Gasteiger partial charge < -0.3 is 5.32 Å². The number of hydrogen-bond acceptors (Lipinski definition) is 6. The van der Waals surface area contributed by atoms with Crippen molar-refractivity contribution in [2.24, 2.45) is 5.10 Å². The molecule has 0 unspecified atom stereocenters. The fourth-order valence-corrected chi connectivity index (χ4v) is 4.28. The molecule has 0 fully saturated rings. The van der Waals surface area contributed by atoms with E-state index < -0.39 is 0 Å². The van der Waals surface area contributed by atoms with Crippen LogP contribution >= 0.6 is 34.4 Å². The van der Waals surface area contributed by atoms with Gasteiger partial charge >= 0.3 is 0 Å². The van der Waals surface area contributed by atoms with Crippen molar-refractivity contribution < 1.29 is 4.79 Å². The van der Waals surface area contributed by atoms with Crippen molar-refractivity contribution in [3.63, 3.8) is 0 Å². The smallest absolute Gasteiger partial charge is 0.250 e. The zero-order valence-electron chi connectivity index (χ0n) is 18.5. The summed E-state index contributed by atoms with van der Waals surface area (Å²) in [7, 11) is 0. The molecule has 0 aliphatic carbocycles. The highest BCUT2D eigenvalue weighted by molar-refractivity contribution is 14.1. The van der Waals surface area contributed by atoms with Gasteiger partial charge in [0.1, 0.15) is 0 Å². The van der Waals surface area contributed by atoms with Crippen molar-refractivity contribution in [2.75, 3.05) is 11.1 Å². The fourth-order valence-electron chi connectivity index (χ4n) is 3.16. The van der Waals surface area contributed by atoms with E-state index in [2.05, 4.69) is 48.6 Å². The fraction of sp³-hybridized carbons (Fsp3) is 0.120. The zero-order chi connectivity index (χ0) is 23.8. The van der Waals surface area contributed by atoms with E-state index in [0.29, 0.717) is 11.7 Å². The number of anilines is 1. The third kappa shape index (κ3) is 6.45. The maximum atomic E-state index is 12.4. The normalized spacial score (nSPS) is 11.0. The van der Waals surface area contributed by atoms with Crippen molar-refractivity contribution in [3.8, 4) is 5.69 Å². The molecule has 1 aromatic heterocycles. The first-order valence-electron chi connectivity index (χ1n) is 10.6. The van der Waals surface area contributed by atoms with E-state index in [1.54, 1.807) is 6.21 Å². The van der Waals surface area contributed by atoms with Gasteiger partial charge in [-0.05, 0) is 77.0 Å². The Morgan fingerprint density at radius 1 is 1.03 bits per heavy atom. The lowest BCUT2D eigenvalue weighted by atomic mass is 10.1. The van der Waals surface area contributed by atoms with Gasteiger partial charge in [-0.2, -0.15) is 5.10 Å². The van der Waals surface area contributed by atoms with E-state index in [4.69, 9.17) is 0 Å². The Balaban J connectivity index is 1.43. The highest BCUT2D eigenvalue weighted by Crippen LogP contribution is 2.23. The number of carbonyl (C=O) groups is 1. The standard InChI is InChI=1S/C25H23IN6OS/c1-18-7-5-6-8-19(18)15-28-30-24(33)17-34-25-31-29-23(32(25)22-9-3-2-4-10-22)16-27-21-13-11-20(26)12-14-21/h2-15,27H,16-17H2,1H3,(H,30,33)/b28-15-. The van der Waals surface area contributed by atoms with Crippen molar-refractivity contribution in [2.45, 2.75) is 18.6 Å². The lowest BCUT2D eigenvalue weighted by molar-refractivity contribution is -0.118. The van der Waals surface area contributed by atoms with Gasteiger partial charge in [0, 0.05) is 14.9 Å². The number of benzene rings is 3. The molecule has 0 atom stereocenters. The van der Waals surface area contributed by atoms with Crippen LogP contribution in [0.4, 0.5) is 5.69 Å². The van der Waals surface area contributed by atoms with Gasteiger partial charge in [0.05, 0.1) is 18.5 Å². The van der Waals surface area contributed by atoms with Crippen LogP contribution in [0.15, 0.2) is 89.1 Å². The van der Waals surface area contributed by atoms with E-state index >= 15 is 0 Å². The van der Waals surface area contributed by atoms with Gasteiger partial charge in [-0.1, -0.05) is 54.2 Å². The quantitative estimate of drug-likeness (QED) is 0.125. The summed E-state index contributed by atoms with van der Waals surface area (Å²) < 4.78 is 3.14. The maximum Gasteiger partial charge on any atom is 0.250 e. The Morgan fingerprint density at radius 2 is 1.76 bits per heavy atom. The van der Waals surface area contributed by atoms with E-state index in [0.717, 1.165) is 28.3 Å². The minimum absolute atomic E-state index is 0.167. The van der Waals surface area contributed by atoms with Crippen LogP contribution in [0, 0.1) is 10.5 Å². The van der Waals surface area contributed by atoms with Crippen LogP contribution in [0.1, 0.15) is 17.0 Å². The van der Waals surface area contributed by atoms with Crippen molar-refractivity contribution in [1.82, 2.24) is 20.2 Å². The van der Waals surface area contributed by atoms with Crippen LogP contribution in [-0.4, -0.2) is 32.6 Å². The van der Waals surface area contributed by atoms with E-state index in [9.17, 15) is 4.79 Å². The molecule has 4 aromatic rings. The zero-order valence-corrected chi connectivity index (χ0v) is 21.5. The Hall–Kier alpha value is -3.18. The second-order valence-corrected chi connectivity index (χ2v) is 9.56. The lowest BCUT2D eigenvalue weighted by Gasteiger charge is -2.11. The summed E-state index contributed by atoms with van der Waals surface area (Å²) in [6.07, 6.45) is 1.65. The van der Waals surface area contributed by atoms with Crippen molar-refractivity contribution >= 4 is 52.2 Å². The number of amides is 1. The van der Waals surface area contributed by atoms with E-state index in [1.165, 1.54) is 15.3 Å². The molecule has 0 bridgehead atoms. The molecule has 0 aliphatic rings. The van der Waals surface area contributed by atoms with E-state index in [-0.39, 0.29) is 11.7 Å². The summed E-state index contributed by atoms with van der Waals surface area (Å²) >= 11 is 3.60. The summed E-state index contributed by atoms with van der Waals surface area (Å²) in [4.78, 5) is 12.4. The van der Waals surface area contributed by atoms with Crippen LogP contribution in [0.3, 0.4) is 0 Å². The number of hydrazone groups is 1. The number of halogens is 1. The van der Waals surface area contributed by atoms with Gasteiger partial charge in [0.25, 0.3) is 5.91 Å². The van der Waals surface area contributed by atoms with Gasteiger partial charge in [0.2, 0.25) is 0 Å². The summed E-state index contributed by atoms with van der Waals surface area (Å²) in [5.41, 5.74) is 6.58. The Bertz CT molecular complexity index is 1270. The third-order valence-electron chi connectivity index (χ3n) is 4.92. The summed E-state index contributed by atoms with van der Waals surface area (Å²) in [6, 6.07) is 25.9. The predicted molar refractivity (Wildman–Crippen MR) is 145 cm³/mol. The molecular formula is C25H23IN6OS. The van der Waals surface area contributed by atoms with Gasteiger partial charge in [-0.15, -0.1) is 10.2 Å². The Labute approximate surface area is 216 Å². The maximum absolute atomic E-state index is 12.4. The van der Waals surface area contributed by atoms with Crippen molar-refractivity contribution in [3.05, 3.63) is 99.4 Å². The van der Waals surface area contributed by atoms with Crippen LogP contribution in [0.5, 0.6) is 0 Å². The molecule has 0 saturated carbocycles. The molecule has 7 nitrogen and oxygen atoms in total. The molecule has 9 heteroatoms. The number of nitrogens with one attached hydrogen (secondary N) is 2. The van der Waals surface area contributed by atoms with E-state index in [1.807, 2.05) is 90.4 Å². The number of thioether (sulfide) groups is 1. The highest BCUT2D eigenvalue weighted by Gasteiger charge is 2.15.